The normalized spacial score (nSPS) is 29.8. The zero-order chi connectivity index (χ0) is 16.3. The highest BCUT2D eigenvalue weighted by atomic mass is 16.5. The van der Waals surface area contributed by atoms with Crippen molar-refractivity contribution in [2.24, 2.45) is 5.41 Å². The largest absolute Gasteiger partial charge is 0.378 e. The highest BCUT2D eigenvalue weighted by Gasteiger charge is 2.56. The summed E-state index contributed by atoms with van der Waals surface area (Å²) in [5, 5.41) is 5.98. The molecular weight excluding hydrogens is 294 g/mol. The highest BCUT2D eigenvalue weighted by Crippen LogP contribution is 2.53. The molecule has 1 aliphatic heterocycles. The van der Waals surface area contributed by atoms with Gasteiger partial charge >= 0.3 is 6.03 Å². The summed E-state index contributed by atoms with van der Waals surface area (Å²) in [7, 11) is 0. The molecule has 0 bridgehead atoms. The molecule has 130 valence electrons. The zero-order valence-corrected chi connectivity index (χ0v) is 14.1. The molecule has 3 rings (SSSR count). The topological polar surface area (TPSA) is 70.7 Å². The van der Waals surface area contributed by atoms with Crippen molar-refractivity contribution in [3.05, 3.63) is 0 Å². The van der Waals surface area contributed by atoms with Crippen LogP contribution in [0.4, 0.5) is 4.79 Å². The Kier molecular flexibility index (Phi) is 5.09. The summed E-state index contributed by atoms with van der Waals surface area (Å²) in [6, 6.07) is 0.0827. The van der Waals surface area contributed by atoms with Crippen LogP contribution >= 0.6 is 0 Å². The van der Waals surface area contributed by atoms with Gasteiger partial charge in [0, 0.05) is 31.2 Å². The van der Waals surface area contributed by atoms with Crippen LogP contribution in [0.2, 0.25) is 0 Å². The fraction of sp³-hybridized carbons (Fsp3) is 0.882. The second-order valence-electron chi connectivity index (χ2n) is 7.10. The van der Waals surface area contributed by atoms with E-state index >= 15 is 0 Å². The molecule has 6 nitrogen and oxygen atoms in total. The van der Waals surface area contributed by atoms with E-state index in [1.165, 1.54) is 19.3 Å². The van der Waals surface area contributed by atoms with Gasteiger partial charge in [-0.15, -0.1) is 0 Å². The number of carbonyl (C=O) groups excluding carboxylic acids is 2. The summed E-state index contributed by atoms with van der Waals surface area (Å²) in [5.41, 5.74) is 0.133. The van der Waals surface area contributed by atoms with Crippen LogP contribution in [0.5, 0.6) is 0 Å². The third kappa shape index (κ3) is 3.32. The van der Waals surface area contributed by atoms with Gasteiger partial charge in [0.05, 0.1) is 6.10 Å². The molecule has 0 aromatic carbocycles. The number of nitrogens with zero attached hydrogens (tertiary/aromatic N) is 1. The standard InChI is InChI=1S/C17H29N3O3/c1-2-23-14-11-13(17(14)7-4-3-5-8-17)19-15(21)12-20-10-6-9-18-16(20)22/h13-14H,2-12H2,1H3,(H,18,22)(H,19,21)/t13-,14-/m0/s1. The van der Waals surface area contributed by atoms with Crippen LogP contribution in [0.3, 0.4) is 0 Å². The number of rotatable bonds is 5. The number of urea groups is 1. The average molecular weight is 323 g/mol. The van der Waals surface area contributed by atoms with E-state index in [0.717, 1.165) is 32.3 Å². The van der Waals surface area contributed by atoms with Crippen LogP contribution in [0.25, 0.3) is 0 Å². The number of amides is 3. The fourth-order valence-electron chi connectivity index (χ4n) is 4.51. The smallest absolute Gasteiger partial charge is 0.317 e. The first-order valence-electron chi connectivity index (χ1n) is 9.09. The van der Waals surface area contributed by atoms with Gasteiger partial charge in [0.25, 0.3) is 0 Å². The first kappa shape index (κ1) is 16.6. The summed E-state index contributed by atoms with van der Waals surface area (Å²) in [6.45, 7) is 4.31. The summed E-state index contributed by atoms with van der Waals surface area (Å²) < 4.78 is 5.92. The molecule has 0 unspecified atom stereocenters. The van der Waals surface area contributed by atoms with E-state index in [1.54, 1.807) is 4.90 Å². The first-order valence-corrected chi connectivity index (χ1v) is 9.09. The summed E-state index contributed by atoms with van der Waals surface area (Å²) >= 11 is 0. The first-order chi connectivity index (χ1) is 11.2. The fourth-order valence-corrected chi connectivity index (χ4v) is 4.51. The summed E-state index contributed by atoms with van der Waals surface area (Å²) in [6.07, 6.45) is 8.13. The van der Waals surface area contributed by atoms with Crippen molar-refractivity contribution in [1.82, 2.24) is 15.5 Å². The Morgan fingerprint density at radius 1 is 1.35 bits per heavy atom. The van der Waals surface area contributed by atoms with E-state index in [9.17, 15) is 9.59 Å². The maximum Gasteiger partial charge on any atom is 0.317 e. The highest BCUT2D eigenvalue weighted by molar-refractivity contribution is 5.84. The van der Waals surface area contributed by atoms with Crippen LogP contribution in [0.1, 0.15) is 51.9 Å². The Balaban J connectivity index is 1.56. The predicted octanol–water partition coefficient (Wildman–Crippen LogP) is 1.65. The van der Waals surface area contributed by atoms with Gasteiger partial charge in [-0.05, 0) is 32.6 Å². The minimum atomic E-state index is -0.125. The predicted molar refractivity (Wildman–Crippen MR) is 87.1 cm³/mol. The zero-order valence-electron chi connectivity index (χ0n) is 14.1. The second-order valence-corrected chi connectivity index (χ2v) is 7.10. The minimum Gasteiger partial charge on any atom is -0.378 e. The Morgan fingerprint density at radius 3 is 2.83 bits per heavy atom. The molecule has 1 heterocycles. The Hall–Kier alpha value is -1.30. The van der Waals surface area contributed by atoms with Crippen LogP contribution in [0, 0.1) is 5.41 Å². The lowest BCUT2D eigenvalue weighted by atomic mass is 9.55. The number of hydrogen-bond donors (Lipinski definition) is 2. The molecule has 0 aromatic rings. The lowest BCUT2D eigenvalue weighted by molar-refractivity contribution is -0.157. The van der Waals surface area contributed by atoms with Crippen molar-refractivity contribution in [2.45, 2.75) is 64.0 Å². The van der Waals surface area contributed by atoms with E-state index in [-0.39, 0.29) is 36.0 Å². The van der Waals surface area contributed by atoms with Crippen LogP contribution in [-0.2, 0) is 9.53 Å². The summed E-state index contributed by atoms with van der Waals surface area (Å²) in [5.74, 6) is -0.0352. The van der Waals surface area contributed by atoms with Gasteiger partial charge < -0.3 is 20.3 Å². The number of nitrogens with one attached hydrogen (secondary N) is 2. The molecule has 23 heavy (non-hydrogen) atoms. The third-order valence-corrected chi connectivity index (χ3v) is 5.78. The van der Waals surface area contributed by atoms with E-state index in [4.69, 9.17) is 4.74 Å². The maximum absolute atomic E-state index is 12.4. The monoisotopic (exact) mass is 323 g/mol. The van der Waals surface area contributed by atoms with E-state index < -0.39 is 0 Å². The van der Waals surface area contributed by atoms with Crippen molar-refractivity contribution < 1.29 is 14.3 Å². The number of ether oxygens (including phenoxy) is 1. The Bertz CT molecular complexity index is 448. The van der Waals surface area contributed by atoms with Gasteiger partial charge in [-0.1, -0.05) is 19.3 Å². The molecule has 2 saturated carbocycles. The quantitative estimate of drug-likeness (QED) is 0.808. The van der Waals surface area contributed by atoms with Gasteiger partial charge in [-0.25, -0.2) is 4.79 Å². The molecule has 3 amide bonds. The number of carbonyl (C=O) groups is 2. The molecule has 1 spiro atoms. The molecule has 1 saturated heterocycles. The third-order valence-electron chi connectivity index (χ3n) is 5.78. The van der Waals surface area contributed by atoms with Gasteiger partial charge in [0.2, 0.25) is 5.91 Å². The van der Waals surface area contributed by atoms with Gasteiger partial charge in [-0.3, -0.25) is 4.79 Å². The molecule has 3 fully saturated rings. The Morgan fingerprint density at radius 2 is 2.13 bits per heavy atom. The summed E-state index contributed by atoms with van der Waals surface area (Å²) in [4.78, 5) is 25.7. The van der Waals surface area contributed by atoms with Crippen LogP contribution in [-0.4, -0.2) is 55.2 Å². The molecule has 0 radical (unpaired) electrons. The molecular formula is C17H29N3O3. The minimum absolute atomic E-state index is 0.0352. The SMILES string of the molecule is CCO[C@H]1C[C@H](NC(=O)CN2CCCNC2=O)C12CCCCC2. The molecule has 3 aliphatic rings. The number of hydrogen-bond acceptors (Lipinski definition) is 3. The van der Waals surface area contributed by atoms with Gasteiger partial charge in [0.15, 0.2) is 0 Å². The van der Waals surface area contributed by atoms with E-state index in [1.807, 2.05) is 6.92 Å². The average Bonchev–Trinajstić information content (AvgIpc) is 2.57. The van der Waals surface area contributed by atoms with Crippen molar-refractivity contribution in [3.63, 3.8) is 0 Å². The van der Waals surface area contributed by atoms with Crippen LogP contribution < -0.4 is 10.6 Å². The van der Waals surface area contributed by atoms with Crippen molar-refractivity contribution >= 4 is 11.9 Å². The maximum atomic E-state index is 12.4. The molecule has 0 aromatic heterocycles. The van der Waals surface area contributed by atoms with Crippen molar-refractivity contribution in [3.8, 4) is 0 Å². The Labute approximate surface area is 138 Å². The molecule has 2 atom stereocenters. The molecule has 2 aliphatic carbocycles. The molecule has 2 N–H and O–H groups in total. The van der Waals surface area contributed by atoms with Crippen molar-refractivity contribution in [1.29, 1.82) is 0 Å². The second kappa shape index (κ2) is 7.07. The lowest BCUT2D eigenvalue weighted by Gasteiger charge is -2.57. The molecule has 6 heteroatoms. The van der Waals surface area contributed by atoms with Gasteiger partial charge in [-0.2, -0.15) is 0 Å². The van der Waals surface area contributed by atoms with Gasteiger partial charge in [0.1, 0.15) is 6.54 Å². The van der Waals surface area contributed by atoms with E-state index in [2.05, 4.69) is 10.6 Å². The van der Waals surface area contributed by atoms with E-state index in [0.29, 0.717) is 13.1 Å². The van der Waals surface area contributed by atoms with Crippen LogP contribution in [0.15, 0.2) is 0 Å². The lowest BCUT2D eigenvalue weighted by Crippen LogP contribution is -2.66. The van der Waals surface area contributed by atoms with Crippen molar-refractivity contribution in [2.75, 3.05) is 26.2 Å².